The largest absolute Gasteiger partial charge is 0.490 e. The van der Waals surface area contributed by atoms with Crippen LogP contribution in [-0.2, 0) is 12.8 Å². The number of nitrogens with zero attached hydrogens (tertiary/aromatic N) is 3. The van der Waals surface area contributed by atoms with E-state index in [1.54, 1.807) is 13.0 Å². The number of ether oxygens (including phenoxy) is 1. The number of likely N-dealkylation sites (tertiary alicyclic amines) is 1. The van der Waals surface area contributed by atoms with Crippen LogP contribution >= 0.6 is 0 Å². The van der Waals surface area contributed by atoms with Gasteiger partial charge in [-0.2, -0.15) is 0 Å². The van der Waals surface area contributed by atoms with Crippen molar-refractivity contribution in [2.45, 2.75) is 38.7 Å². The predicted octanol–water partition coefficient (Wildman–Crippen LogP) is 3.52. The summed E-state index contributed by atoms with van der Waals surface area (Å²) in [6.07, 6.45) is 10.4. The number of benzene rings is 1. The molecule has 3 aliphatic rings. The topological polar surface area (TPSA) is 58.8 Å². The maximum atomic E-state index is 12.5. The maximum absolute atomic E-state index is 12.5. The Bertz CT molecular complexity index is 999. The SMILES string of the molecule is Cc1cc(C(=O)N2CCC(Oc3ccc4c(c3)CCN(C3=CC=C3)CC4)CC2)no1. The van der Waals surface area contributed by atoms with Crippen molar-refractivity contribution in [3.8, 4) is 5.75 Å². The Kier molecular flexibility index (Phi) is 5.07. The molecule has 1 amide bonds. The Morgan fingerprint density at radius 1 is 1.10 bits per heavy atom. The highest BCUT2D eigenvalue weighted by Crippen LogP contribution is 2.27. The van der Waals surface area contributed by atoms with Gasteiger partial charge in [0.1, 0.15) is 17.6 Å². The predicted molar refractivity (Wildman–Crippen MR) is 113 cm³/mol. The van der Waals surface area contributed by atoms with Crippen molar-refractivity contribution in [2.24, 2.45) is 0 Å². The summed E-state index contributed by atoms with van der Waals surface area (Å²) in [7, 11) is 0. The van der Waals surface area contributed by atoms with Gasteiger partial charge in [-0.3, -0.25) is 4.79 Å². The molecule has 1 fully saturated rings. The molecule has 1 aromatic carbocycles. The molecule has 3 heterocycles. The van der Waals surface area contributed by atoms with Gasteiger partial charge in [0.25, 0.3) is 5.91 Å². The number of fused-ring (bicyclic) bond motifs is 1. The third-order valence-electron chi connectivity index (χ3n) is 6.26. The van der Waals surface area contributed by atoms with Crippen LogP contribution in [0.2, 0.25) is 0 Å². The van der Waals surface area contributed by atoms with Crippen LogP contribution in [-0.4, -0.2) is 53.1 Å². The molecular weight excluding hydrogens is 378 g/mol. The van der Waals surface area contributed by atoms with Crippen molar-refractivity contribution in [3.63, 3.8) is 0 Å². The fourth-order valence-electron chi connectivity index (χ4n) is 4.42. The minimum absolute atomic E-state index is 0.0590. The Morgan fingerprint density at radius 3 is 2.53 bits per heavy atom. The second kappa shape index (κ2) is 8.01. The minimum Gasteiger partial charge on any atom is -0.490 e. The van der Waals surface area contributed by atoms with Crippen LogP contribution in [0.5, 0.6) is 5.75 Å². The summed E-state index contributed by atoms with van der Waals surface area (Å²) >= 11 is 0. The average molecular weight is 405 g/mol. The van der Waals surface area contributed by atoms with Crippen LogP contribution in [0, 0.1) is 6.92 Å². The first-order valence-electron chi connectivity index (χ1n) is 10.8. The van der Waals surface area contributed by atoms with E-state index in [2.05, 4.69) is 46.5 Å². The molecule has 2 aliphatic heterocycles. The number of carbonyl (C=O) groups excluding carboxylic acids is 1. The number of piperidine rings is 1. The number of hydrogen-bond acceptors (Lipinski definition) is 5. The molecule has 5 rings (SSSR count). The summed E-state index contributed by atoms with van der Waals surface area (Å²) in [6, 6.07) is 8.25. The zero-order valence-corrected chi connectivity index (χ0v) is 17.3. The van der Waals surface area contributed by atoms with Crippen molar-refractivity contribution in [2.75, 3.05) is 26.2 Å². The maximum Gasteiger partial charge on any atom is 0.276 e. The smallest absolute Gasteiger partial charge is 0.276 e. The first-order valence-corrected chi connectivity index (χ1v) is 10.8. The highest BCUT2D eigenvalue weighted by molar-refractivity contribution is 5.92. The molecule has 0 saturated carbocycles. The molecule has 0 spiro atoms. The lowest BCUT2D eigenvalue weighted by molar-refractivity contribution is 0.0586. The van der Waals surface area contributed by atoms with Gasteiger partial charge in [-0.25, -0.2) is 0 Å². The quantitative estimate of drug-likeness (QED) is 0.779. The molecule has 2 aromatic rings. The van der Waals surface area contributed by atoms with E-state index in [0.29, 0.717) is 24.5 Å². The summed E-state index contributed by atoms with van der Waals surface area (Å²) in [6.45, 7) is 5.27. The van der Waals surface area contributed by atoms with Gasteiger partial charge in [0.05, 0.1) is 0 Å². The Balaban J connectivity index is 1.17. The van der Waals surface area contributed by atoms with E-state index >= 15 is 0 Å². The minimum atomic E-state index is -0.0590. The lowest BCUT2D eigenvalue weighted by Gasteiger charge is -2.31. The van der Waals surface area contributed by atoms with Crippen molar-refractivity contribution in [1.29, 1.82) is 0 Å². The number of carbonyl (C=O) groups is 1. The van der Waals surface area contributed by atoms with E-state index in [-0.39, 0.29) is 12.0 Å². The summed E-state index contributed by atoms with van der Waals surface area (Å²) in [5.41, 5.74) is 4.56. The average Bonchev–Trinajstić information content (AvgIpc) is 3.05. The number of amides is 1. The molecule has 0 atom stereocenters. The molecule has 0 bridgehead atoms. The second-order valence-electron chi connectivity index (χ2n) is 8.30. The van der Waals surface area contributed by atoms with Gasteiger partial charge >= 0.3 is 0 Å². The van der Waals surface area contributed by atoms with Gasteiger partial charge in [-0.05, 0) is 55.2 Å². The number of hydrogen-bond donors (Lipinski definition) is 0. The number of rotatable bonds is 4. The zero-order valence-electron chi connectivity index (χ0n) is 17.3. The van der Waals surface area contributed by atoms with E-state index in [4.69, 9.17) is 9.26 Å². The molecule has 0 radical (unpaired) electrons. The van der Waals surface area contributed by atoms with Crippen molar-refractivity contribution in [3.05, 3.63) is 70.8 Å². The summed E-state index contributed by atoms with van der Waals surface area (Å²) in [5.74, 6) is 1.54. The molecule has 6 nitrogen and oxygen atoms in total. The second-order valence-corrected chi connectivity index (χ2v) is 8.30. The van der Waals surface area contributed by atoms with Crippen molar-refractivity contribution in [1.82, 2.24) is 15.0 Å². The third-order valence-corrected chi connectivity index (χ3v) is 6.26. The Labute approximate surface area is 176 Å². The van der Waals surface area contributed by atoms with E-state index in [1.165, 1.54) is 16.8 Å². The summed E-state index contributed by atoms with van der Waals surface area (Å²) < 4.78 is 11.3. The van der Waals surface area contributed by atoms with Crippen LogP contribution in [0.3, 0.4) is 0 Å². The normalized spacial score (nSPS) is 19.0. The molecule has 30 heavy (non-hydrogen) atoms. The van der Waals surface area contributed by atoms with Gasteiger partial charge in [0, 0.05) is 50.8 Å². The Hall–Kier alpha value is -3.02. The number of allylic oxidation sites excluding steroid dienone is 3. The molecule has 1 saturated heterocycles. The van der Waals surface area contributed by atoms with E-state index in [1.807, 2.05) is 4.90 Å². The number of aromatic nitrogens is 1. The van der Waals surface area contributed by atoms with Gasteiger partial charge in [0.2, 0.25) is 0 Å². The van der Waals surface area contributed by atoms with E-state index in [0.717, 1.165) is 44.5 Å². The van der Waals surface area contributed by atoms with Gasteiger partial charge in [-0.1, -0.05) is 17.3 Å². The fraction of sp³-hybridized carbons (Fsp3) is 0.417. The first kappa shape index (κ1) is 19.0. The fourth-order valence-corrected chi connectivity index (χ4v) is 4.42. The number of aryl methyl sites for hydroxylation is 1. The molecule has 1 aliphatic carbocycles. The Morgan fingerprint density at radius 2 is 1.87 bits per heavy atom. The highest BCUT2D eigenvalue weighted by Gasteiger charge is 2.26. The molecule has 1 aromatic heterocycles. The summed E-state index contributed by atoms with van der Waals surface area (Å²) in [4.78, 5) is 16.8. The molecule has 156 valence electrons. The summed E-state index contributed by atoms with van der Waals surface area (Å²) in [5, 5.41) is 3.84. The van der Waals surface area contributed by atoms with E-state index < -0.39 is 0 Å². The van der Waals surface area contributed by atoms with Crippen LogP contribution < -0.4 is 4.74 Å². The third kappa shape index (κ3) is 3.86. The zero-order chi connectivity index (χ0) is 20.5. The lowest BCUT2D eigenvalue weighted by Crippen LogP contribution is -2.41. The van der Waals surface area contributed by atoms with Gasteiger partial charge < -0.3 is 19.1 Å². The van der Waals surface area contributed by atoms with Gasteiger partial charge in [-0.15, -0.1) is 0 Å². The van der Waals surface area contributed by atoms with Crippen molar-refractivity contribution >= 4 is 5.91 Å². The van der Waals surface area contributed by atoms with Crippen LogP contribution in [0.1, 0.15) is 40.2 Å². The molecule has 0 N–H and O–H groups in total. The van der Waals surface area contributed by atoms with Crippen molar-refractivity contribution < 1.29 is 14.1 Å². The molecular formula is C24H27N3O3. The first-order chi connectivity index (χ1) is 14.7. The van der Waals surface area contributed by atoms with Gasteiger partial charge in [0.15, 0.2) is 5.69 Å². The molecule has 6 heteroatoms. The standard InChI is InChI=1S/C24H27N3O3/c1-17-15-23(25-30-17)24(28)27-13-9-21(10-14-27)29-22-6-5-18-7-11-26(20-3-2-4-20)12-8-19(18)16-22/h2-6,15-16,21H,7-14H2,1H3. The van der Waals surface area contributed by atoms with E-state index in [9.17, 15) is 4.79 Å². The lowest BCUT2D eigenvalue weighted by atomic mass is 10.0. The van der Waals surface area contributed by atoms with Crippen LogP contribution in [0.15, 0.2) is 52.7 Å². The molecule has 0 unspecified atom stereocenters. The monoisotopic (exact) mass is 405 g/mol. The highest BCUT2D eigenvalue weighted by atomic mass is 16.5. The van der Waals surface area contributed by atoms with Crippen LogP contribution in [0.25, 0.3) is 0 Å². The van der Waals surface area contributed by atoms with Crippen LogP contribution in [0.4, 0.5) is 0 Å².